The third kappa shape index (κ3) is 3.95. The van der Waals surface area contributed by atoms with Gasteiger partial charge in [0.2, 0.25) is 0 Å². The summed E-state index contributed by atoms with van der Waals surface area (Å²) in [5.41, 5.74) is 5.83. The van der Waals surface area contributed by atoms with Crippen LogP contribution in [0.15, 0.2) is 46.1 Å². The SMILES string of the molecule is C/C(=N/NC(=O)c1cc(Br)c[nH]1)c1ccc(N(C)C)cc1. The predicted molar refractivity (Wildman–Crippen MR) is 88.9 cm³/mol. The second-order valence-electron chi connectivity index (χ2n) is 4.81. The predicted octanol–water partition coefficient (Wildman–Crippen LogP) is 3.00. The average Bonchev–Trinajstić information content (AvgIpc) is 2.91. The molecule has 1 aromatic heterocycles. The minimum Gasteiger partial charge on any atom is -0.378 e. The van der Waals surface area contributed by atoms with Crippen LogP contribution >= 0.6 is 15.9 Å². The van der Waals surface area contributed by atoms with E-state index in [1.807, 2.05) is 50.2 Å². The number of benzene rings is 1. The number of amides is 1. The molecule has 110 valence electrons. The lowest BCUT2D eigenvalue weighted by Crippen LogP contribution is -2.19. The summed E-state index contributed by atoms with van der Waals surface area (Å²) >= 11 is 3.28. The average molecular weight is 349 g/mol. The molecule has 0 saturated heterocycles. The Morgan fingerprint density at radius 3 is 2.48 bits per heavy atom. The molecule has 0 atom stereocenters. The zero-order chi connectivity index (χ0) is 15.4. The molecule has 6 heteroatoms. The van der Waals surface area contributed by atoms with E-state index in [9.17, 15) is 4.79 Å². The number of H-pyrrole nitrogens is 1. The first-order valence-electron chi connectivity index (χ1n) is 6.43. The maximum Gasteiger partial charge on any atom is 0.287 e. The van der Waals surface area contributed by atoms with Crippen molar-refractivity contribution in [3.63, 3.8) is 0 Å². The first-order chi connectivity index (χ1) is 9.97. The number of carbonyl (C=O) groups excluding carboxylic acids is 1. The molecule has 0 saturated carbocycles. The summed E-state index contributed by atoms with van der Waals surface area (Å²) < 4.78 is 0.827. The van der Waals surface area contributed by atoms with Crippen LogP contribution in [-0.2, 0) is 0 Å². The Morgan fingerprint density at radius 2 is 1.95 bits per heavy atom. The number of hydrogen-bond donors (Lipinski definition) is 2. The number of halogens is 1. The van der Waals surface area contributed by atoms with Gasteiger partial charge < -0.3 is 9.88 Å². The van der Waals surface area contributed by atoms with Crippen LogP contribution in [-0.4, -0.2) is 30.7 Å². The quantitative estimate of drug-likeness (QED) is 0.659. The molecule has 5 nitrogen and oxygen atoms in total. The van der Waals surface area contributed by atoms with Crippen LogP contribution in [0.3, 0.4) is 0 Å². The third-order valence-corrected chi connectivity index (χ3v) is 3.48. The van der Waals surface area contributed by atoms with Crippen LogP contribution < -0.4 is 10.3 Å². The fraction of sp³-hybridized carbons (Fsp3) is 0.200. The standard InChI is InChI=1S/C15H17BrN4O/c1-10(11-4-6-13(7-5-11)20(2)3)18-19-15(21)14-8-12(16)9-17-14/h4-9,17H,1-3H3,(H,19,21)/b18-10-. The summed E-state index contributed by atoms with van der Waals surface area (Å²) in [6.45, 7) is 1.86. The number of hydrazone groups is 1. The smallest absolute Gasteiger partial charge is 0.287 e. The highest BCUT2D eigenvalue weighted by Gasteiger charge is 2.07. The Hall–Kier alpha value is -2.08. The molecule has 0 spiro atoms. The minimum atomic E-state index is -0.273. The third-order valence-electron chi connectivity index (χ3n) is 3.02. The van der Waals surface area contributed by atoms with E-state index in [0.717, 1.165) is 21.4 Å². The monoisotopic (exact) mass is 348 g/mol. The maximum absolute atomic E-state index is 11.9. The highest BCUT2D eigenvalue weighted by Crippen LogP contribution is 2.13. The van der Waals surface area contributed by atoms with Crippen molar-refractivity contribution in [2.75, 3.05) is 19.0 Å². The number of hydrogen-bond acceptors (Lipinski definition) is 3. The van der Waals surface area contributed by atoms with Gasteiger partial charge in [-0.2, -0.15) is 5.10 Å². The zero-order valence-electron chi connectivity index (χ0n) is 12.1. The highest BCUT2D eigenvalue weighted by molar-refractivity contribution is 9.10. The molecule has 2 aromatic rings. The first kappa shape index (κ1) is 15.3. The lowest BCUT2D eigenvalue weighted by Gasteiger charge is -2.12. The molecule has 2 rings (SSSR count). The van der Waals surface area contributed by atoms with Gasteiger partial charge in [-0.15, -0.1) is 0 Å². The van der Waals surface area contributed by atoms with E-state index < -0.39 is 0 Å². The van der Waals surface area contributed by atoms with Crippen LogP contribution in [0.5, 0.6) is 0 Å². The first-order valence-corrected chi connectivity index (χ1v) is 7.23. The number of aromatic nitrogens is 1. The summed E-state index contributed by atoms with van der Waals surface area (Å²) in [4.78, 5) is 16.7. The Morgan fingerprint density at radius 1 is 1.29 bits per heavy atom. The number of nitrogens with zero attached hydrogens (tertiary/aromatic N) is 2. The van der Waals surface area contributed by atoms with Gasteiger partial charge in [-0.25, -0.2) is 5.43 Å². The van der Waals surface area contributed by atoms with Crippen molar-refractivity contribution in [3.8, 4) is 0 Å². The zero-order valence-corrected chi connectivity index (χ0v) is 13.7. The fourth-order valence-corrected chi connectivity index (χ4v) is 2.10. The van der Waals surface area contributed by atoms with Crippen molar-refractivity contribution in [1.29, 1.82) is 0 Å². The van der Waals surface area contributed by atoms with Crippen molar-refractivity contribution in [2.45, 2.75) is 6.92 Å². The van der Waals surface area contributed by atoms with Crippen molar-refractivity contribution in [2.24, 2.45) is 5.10 Å². The summed E-state index contributed by atoms with van der Waals surface area (Å²) in [6, 6.07) is 9.68. The Kier molecular flexibility index (Phi) is 4.80. The van der Waals surface area contributed by atoms with E-state index >= 15 is 0 Å². The molecule has 21 heavy (non-hydrogen) atoms. The van der Waals surface area contributed by atoms with Crippen LogP contribution in [0.4, 0.5) is 5.69 Å². The summed E-state index contributed by atoms with van der Waals surface area (Å²) in [5.74, 6) is -0.273. The molecule has 2 N–H and O–H groups in total. The number of nitrogens with one attached hydrogen (secondary N) is 2. The molecule has 1 heterocycles. The lowest BCUT2D eigenvalue weighted by atomic mass is 10.1. The highest BCUT2D eigenvalue weighted by atomic mass is 79.9. The topological polar surface area (TPSA) is 60.5 Å². The van der Waals surface area contributed by atoms with Crippen LogP contribution in [0.2, 0.25) is 0 Å². The number of anilines is 1. The fourth-order valence-electron chi connectivity index (χ4n) is 1.76. The van der Waals surface area contributed by atoms with Crippen LogP contribution in [0.1, 0.15) is 23.0 Å². The van der Waals surface area contributed by atoms with Crippen LogP contribution in [0, 0.1) is 0 Å². The second-order valence-corrected chi connectivity index (χ2v) is 5.73. The van der Waals surface area contributed by atoms with Crippen LogP contribution in [0.25, 0.3) is 0 Å². The van der Waals surface area contributed by atoms with E-state index in [1.165, 1.54) is 0 Å². The van der Waals surface area contributed by atoms with E-state index in [1.54, 1.807) is 12.3 Å². The van der Waals surface area contributed by atoms with E-state index in [-0.39, 0.29) is 5.91 Å². The Labute approximate surface area is 132 Å². The van der Waals surface area contributed by atoms with Gasteiger partial charge in [-0.1, -0.05) is 12.1 Å². The molecule has 0 aliphatic rings. The molecule has 0 bridgehead atoms. The van der Waals surface area contributed by atoms with E-state index in [0.29, 0.717) is 5.69 Å². The van der Waals surface area contributed by atoms with Gasteiger partial charge in [0, 0.05) is 30.5 Å². The lowest BCUT2D eigenvalue weighted by molar-refractivity contribution is 0.0950. The van der Waals surface area contributed by atoms with Gasteiger partial charge in [-0.05, 0) is 46.6 Å². The number of aromatic amines is 1. The molecule has 1 amide bonds. The van der Waals surface area contributed by atoms with Crippen molar-refractivity contribution >= 4 is 33.2 Å². The van der Waals surface area contributed by atoms with Gasteiger partial charge in [0.1, 0.15) is 5.69 Å². The van der Waals surface area contributed by atoms with Crippen molar-refractivity contribution < 1.29 is 4.79 Å². The molecule has 0 unspecified atom stereocenters. The molecule has 1 aromatic carbocycles. The normalized spacial score (nSPS) is 11.3. The largest absolute Gasteiger partial charge is 0.378 e. The summed E-state index contributed by atoms with van der Waals surface area (Å²) in [7, 11) is 3.98. The van der Waals surface area contributed by atoms with Gasteiger partial charge in [-0.3, -0.25) is 4.79 Å². The minimum absolute atomic E-state index is 0.273. The molecule has 0 aliphatic heterocycles. The molecule has 0 fully saturated rings. The summed E-state index contributed by atoms with van der Waals surface area (Å²) in [6.07, 6.45) is 1.70. The van der Waals surface area contributed by atoms with Gasteiger partial charge >= 0.3 is 0 Å². The van der Waals surface area contributed by atoms with E-state index in [4.69, 9.17) is 0 Å². The van der Waals surface area contributed by atoms with Gasteiger partial charge in [0.15, 0.2) is 0 Å². The van der Waals surface area contributed by atoms with Crippen molar-refractivity contribution in [1.82, 2.24) is 10.4 Å². The molecule has 0 aliphatic carbocycles. The molecule has 0 radical (unpaired) electrons. The Bertz CT molecular complexity index is 659. The Balaban J connectivity index is 2.05. The molecular weight excluding hydrogens is 332 g/mol. The van der Waals surface area contributed by atoms with Crippen molar-refractivity contribution in [3.05, 3.63) is 52.3 Å². The second kappa shape index (κ2) is 6.58. The van der Waals surface area contributed by atoms with Gasteiger partial charge in [0.25, 0.3) is 5.91 Å². The van der Waals surface area contributed by atoms with Gasteiger partial charge in [0.05, 0.1) is 5.71 Å². The van der Waals surface area contributed by atoms with E-state index in [2.05, 4.69) is 31.4 Å². The summed E-state index contributed by atoms with van der Waals surface area (Å²) in [5, 5.41) is 4.12. The molecular formula is C15H17BrN4O. The maximum atomic E-state index is 11.9. The number of carbonyl (C=O) groups is 1. The number of rotatable bonds is 4.